The van der Waals surface area contributed by atoms with Crippen molar-refractivity contribution in [1.29, 1.82) is 0 Å². The number of nitrogens with one attached hydrogen (secondary N) is 1. The molecule has 1 atom stereocenters. The molecule has 1 aromatic carbocycles. The summed E-state index contributed by atoms with van der Waals surface area (Å²) in [5.41, 5.74) is 6.32. The first kappa shape index (κ1) is 13.4. The lowest BCUT2D eigenvalue weighted by Gasteiger charge is -2.14. The first-order chi connectivity index (χ1) is 7.99. The first-order valence-corrected chi connectivity index (χ1v) is 5.46. The normalized spacial score (nSPS) is 12.2. The van der Waals surface area contributed by atoms with Crippen LogP contribution in [-0.2, 0) is 0 Å². The number of amides is 1. The van der Waals surface area contributed by atoms with Gasteiger partial charge in [0.1, 0.15) is 5.82 Å². The van der Waals surface area contributed by atoms with Gasteiger partial charge in [-0.3, -0.25) is 4.79 Å². The lowest BCUT2D eigenvalue weighted by Crippen LogP contribution is -2.37. The van der Waals surface area contributed by atoms with Crippen molar-refractivity contribution in [2.75, 3.05) is 12.3 Å². The van der Waals surface area contributed by atoms with Crippen molar-refractivity contribution in [2.45, 2.75) is 26.3 Å². The molecule has 94 valence electrons. The van der Waals surface area contributed by atoms with Gasteiger partial charge in [0, 0.05) is 16.8 Å². The predicted molar refractivity (Wildman–Crippen MR) is 64.2 cm³/mol. The number of hydrogen-bond donors (Lipinski definition) is 3. The largest absolute Gasteiger partial charge is 0.398 e. The topological polar surface area (TPSA) is 75.3 Å². The van der Waals surface area contributed by atoms with Crippen molar-refractivity contribution >= 4 is 11.6 Å². The molecule has 0 bridgehead atoms. The Morgan fingerprint density at radius 1 is 1.59 bits per heavy atom. The second-order valence-electron chi connectivity index (χ2n) is 3.93. The van der Waals surface area contributed by atoms with E-state index in [-0.39, 0.29) is 23.9 Å². The van der Waals surface area contributed by atoms with Crippen LogP contribution in [0.4, 0.5) is 10.1 Å². The molecule has 0 aliphatic carbocycles. The molecule has 4 nitrogen and oxygen atoms in total. The highest BCUT2D eigenvalue weighted by atomic mass is 19.1. The third-order valence-electron chi connectivity index (χ3n) is 2.70. The summed E-state index contributed by atoms with van der Waals surface area (Å²) in [7, 11) is 0. The molecule has 5 heteroatoms. The zero-order chi connectivity index (χ0) is 13.0. The van der Waals surface area contributed by atoms with E-state index in [1.165, 1.54) is 6.07 Å². The number of aliphatic hydroxyl groups excluding tert-OH is 1. The molecule has 0 unspecified atom stereocenters. The summed E-state index contributed by atoms with van der Waals surface area (Å²) in [5, 5.41) is 11.6. The predicted octanol–water partition coefficient (Wildman–Crippen LogP) is 1.22. The van der Waals surface area contributed by atoms with Crippen molar-refractivity contribution in [3.63, 3.8) is 0 Å². The van der Waals surface area contributed by atoms with Crippen molar-refractivity contribution < 1.29 is 14.3 Å². The van der Waals surface area contributed by atoms with Gasteiger partial charge < -0.3 is 16.2 Å². The van der Waals surface area contributed by atoms with Crippen LogP contribution in [-0.4, -0.2) is 23.7 Å². The second kappa shape index (κ2) is 5.63. The molecule has 4 N–H and O–H groups in total. The third-order valence-corrected chi connectivity index (χ3v) is 2.70. The zero-order valence-electron chi connectivity index (χ0n) is 9.96. The number of aliphatic hydroxyl groups is 1. The first-order valence-electron chi connectivity index (χ1n) is 5.46. The van der Waals surface area contributed by atoms with E-state index in [4.69, 9.17) is 10.8 Å². The van der Waals surface area contributed by atoms with Crippen molar-refractivity contribution in [3.05, 3.63) is 29.1 Å². The van der Waals surface area contributed by atoms with Gasteiger partial charge in [0.2, 0.25) is 0 Å². The maximum absolute atomic E-state index is 13.4. The third kappa shape index (κ3) is 3.17. The van der Waals surface area contributed by atoms with Crippen LogP contribution in [0.2, 0.25) is 0 Å². The van der Waals surface area contributed by atoms with Crippen LogP contribution in [0.3, 0.4) is 0 Å². The van der Waals surface area contributed by atoms with Crippen molar-refractivity contribution in [2.24, 2.45) is 0 Å². The van der Waals surface area contributed by atoms with E-state index >= 15 is 0 Å². The molecule has 0 saturated carbocycles. The molecule has 17 heavy (non-hydrogen) atoms. The summed E-state index contributed by atoms with van der Waals surface area (Å²) >= 11 is 0. The van der Waals surface area contributed by atoms with Crippen molar-refractivity contribution in [3.8, 4) is 0 Å². The number of halogens is 1. The fourth-order valence-corrected chi connectivity index (χ4v) is 1.38. The fourth-order valence-electron chi connectivity index (χ4n) is 1.38. The maximum Gasteiger partial charge on any atom is 0.251 e. The Hall–Kier alpha value is -1.62. The molecule has 0 aromatic heterocycles. The molecule has 1 aromatic rings. The summed E-state index contributed by atoms with van der Waals surface area (Å²) in [6.07, 6.45) is 0.603. The van der Waals surface area contributed by atoms with Gasteiger partial charge in [-0.1, -0.05) is 6.92 Å². The van der Waals surface area contributed by atoms with Gasteiger partial charge in [-0.2, -0.15) is 0 Å². The average molecular weight is 240 g/mol. The number of nitrogens with two attached hydrogens (primary N) is 1. The second-order valence-corrected chi connectivity index (χ2v) is 3.93. The summed E-state index contributed by atoms with van der Waals surface area (Å²) in [6.45, 7) is 3.24. The van der Waals surface area contributed by atoms with Crippen LogP contribution >= 0.6 is 0 Å². The van der Waals surface area contributed by atoms with Gasteiger partial charge in [-0.15, -0.1) is 0 Å². The molecular formula is C12H17FN2O2. The van der Waals surface area contributed by atoms with Crippen LogP contribution in [0.5, 0.6) is 0 Å². The van der Waals surface area contributed by atoms with Crippen LogP contribution in [0.25, 0.3) is 0 Å². The number of rotatable bonds is 4. The minimum atomic E-state index is -0.507. The molecule has 1 amide bonds. The molecule has 1 rings (SSSR count). The Bertz CT molecular complexity index is 394. The molecule has 0 aliphatic heterocycles. The lowest BCUT2D eigenvalue weighted by atomic mass is 10.1. The van der Waals surface area contributed by atoms with Gasteiger partial charge >= 0.3 is 0 Å². The molecule has 0 spiro atoms. The Morgan fingerprint density at radius 3 is 2.71 bits per heavy atom. The number of anilines is 1. The van der Waals surface area contributed by atoms with Gasteiger partial charge in [0.05, 0.1) is 12.6 Å². The smallest absolute Gasteiger partial charge is 0.251 e. The van der Waals surface area contributed by atoms with E-state index < -0.39 is 11.7 Å². The summed E-state index contributed by atoms with van der Waals surface area (Å²) in [4.78, 5) is 11.7. The number of hydrogen-bond acceptors (Lipinski definition) is 3. The van der Waals surface area contributed by atoms with Gasteiger partial charge in [-0.25, -0.2) is 4.39 Å². The van der Waals surface area contributed by atoms with E-state index in [1.807, 2.05) is 6.92 Å². The number of benzene rings is 1. The van der Waals surface area contributed by atoms with Crippen LogP contribution < -0.4 is 11.1 Å². The highest BCUT2D eigenvalue weighted by Crippen LogP contribution is 2.17. The molecule has 0 aliphatic rings. The Kier molecular flexibility index (Phi) is 4.45. The Balaban J connectivity index is 2.90. The average Bonchev–Trinajstić information content (AvgIpc) is 2.31. The number of carbonyl (C=O) groups excluding carboxylic acids is 1. The van der Waals surface area contributed by atoms with Gasteiger partial charge in [0.15, 0.2) is 0 Å². The Labute approximate surface area is 99.6 Å². The molecule has 0 saturated heterocycles. The summed E-state index contributed by atoms with van der Waals surface area (Å²) < 4.78 is 13.4. The van der Waals surface area contributed by atoms with Crippen LogP contribution in [0, 0.1) is 12.7 Å². The van der Waals surface area contributed by atoms with E-state index in [0.717, 1.165) is 6.07 Å². The lowest BCUT2D eigenvalue weighted by molar-refractivity contribution is 0.0914. The number of carbonyl (C=O) groups is 1. The summed E-state index contributed by atoms with van der Waals surface area (Å²) in [5.74, 6) is -0.941. The van der Waals surface area contributed by atoms with E-state index in [0.29, 0.717) is 12.0 Å². The zero-order valence-corrected chi connectivity index (χ0v) is 9.96. The minimum absolute atomic E-state index is 0.147. The molecule has 0 radical (unpaired) electrons. The van der Waals surface area contributed by atoms with E-state index in [2.05, 4.69) is 5.32 Å². The monoisotopic (exact) mass is 240 g/mol. The van der Waals surface area contributed by atoms with E-state index in [9.17, 15) is 9.18 Å². The molecule has 0 heterocycles. The summed E-state index contributed by atoms with van der Waals surface area (Å²) in [6, 6.07) is 2.25. The van der Waals surface area contributed by atoms with Crippen molar-refractivity contribution in [1.82, 2.24) is 5.32 Å². The standard InChI is InChI=1S/C12H17FN2O2/c1-3-9(6-16)15-12(17)8-4-10(13)7(2)11(14)5-8/h4-5,9,16H,3,6,14H2,1-2H3,(H,15,17)/t9-/m0/s1. The van der Waals surface area contributed by atoms with Crippen LogP contribution in [0.15, 0.2) is 12.1 Å². The number of nitrogen functional groups attached to an aromatic ring is 1. The highest BCUT2D eigenvalue weighted by molar-refractivity contribution is 5.95. The minimum Gasteiger partial charge on any atom is -0.398 e. The SMILES string of the molecule is CC[C@@H](CO)NC(=O)c1cc(N)c(C)c(F)c1. The fraction of sp³-hybridized carbons (Fsp3) is 0.417. The Morgan fingerprint density at radius 2 is 2.24 bits per heavy atom. The quantitative estimate of drug-likeness (QED) is 0.692. The van der Waals surface area contributed by atoms with Gasteiger partial charge in [-0.05, 0) is 25.5 Å². The maximum atomic E-state index is 13.4. The highest BCUT2D eigenvalue weighted by Gasteiger charge is 2.14. The van der Waals surface area contributed by atoms with Crippen LogP contribution in [0.1, 0.15) is 29.3 Å². The molecular weight excluding hydrogens is 223 g/mol. The molecule has 0 fully saturated rings. The van der Waals surface area contributed by atoms with Gasteiger partial charge in [0.25, 0.3) is 5.91 Å². The van der Waals surface area contributed by atoms with E-state index in [1.54, 1.807) is 6.92 Å².